The third-order valence-corrected chi connectivity index (χ3v) is 7.93. The summed E-state index contributed by atoms with van der Waals surface area (Å²) >= 11 is 6.02. The lowest BCUT2D eigenvalue weighted by Crippen LogP contribution is -2.54. The molecule has 1 atom stereocenters. The van der Waals surface area contributed by atoms with Crippen molar-refractivity contribution in [2.75, 3.05) is 13.1 Å². The lowest BCUT2D eigenvalue weighted by molar-refractivity contribution is 0.0807. The van der Waals surface area contributed by atoms with Crippen molar-refractivity contribution in [1.82, 2.24) is 19.3 Å². The normalized spacial score (nSPS) is 22.8. The van der Waals surface area contributed by atoms with Crippen LogP contribution in [0.25, 0.3) is 11.0 Å². The summed E-state index contributed by atoms with van der Waals surface area (Å²) in [5, 5.41) is 3.96. The number of nitrogens with zero attached hydrogens (tertiary/aromatic N) is 4. The van der Waals surface area contributed by atoms with E-state index in [2.05, 4.69) is 10.1 Å². The molecule has 0 aromatic carbocycles. The van der Waals surface area contributed by atoms with E-state index in [1.165, 1.54) is 23.0 Å². The highest BCUT2D eigenvalue weighted by Crippen LogP contribution is 2.33. The summed E-state index contributed by atoms with van der Waals surface area (Å²) in [6.45, 7) is 2.48. The zero-order valence-electron chi connectivity index (χ0n) is 16.6. The van der Waals surface area contributed by atoms with Crippen LogP contribution < -0.4 is 0 Å². The molecular weight excluding hydrogens is 444 g/mol. The smallest absolute Gasteiger partial charge is 0.415 e. The third-order valence-electron chi connectivity index (χ3n) is 5.80. The number of carbonyl (C=O) groups is 1. The van der Waals surface area contributed by atoms with Gasteiger partial charge in [0.25, 0.3) is 10.0 Å². The number of carbonyl (C=O) groups excluding carboxylic acids is 1. The van der Waals surface area contributed by atoms with Crippen LogP contribution in [-0.4, -0.2) is 59.0 Å². The molecule has 0 saturated carbocycles. The van der Waals surface area contributed by atoms with Crippen molar-refractivity contribution in [2.45, 2.75) is 36.9 Å². The highest BCUT2D eigenvalue weighted by atomic mass is 35.5. The Morgan fingerprint density at radius 3 is 2.77 bits per heavy atom. The van der Waals surface area contributed by atoms with Crippen molar-refractivity contribution in [1.29, 1.82) is 0 Å². The van der Waals surface area contributed by atoms with Crippen molar-refractivity contribution < 1.29 is 22.5 Å². The number of ether oxygens (including phenoxy) is 1. The zero-order valence-corrected chi connectivity index (χ0v) is 18.1. The number of amides is 1. The van der Waals surface area contributed by atoms with Crippen LogP contribution in [0.1, 0.15) is 19.8 Å². The van der Waals surface area contributed by atoms with Gasteiger partial charge in [-0.3, -0.25) is 4.90 Å². The highest BCUT2D eigenvalue weighted by molar-refractivity contribution is 7.89. The maximum atomic E-state index is 13.2. The summed E-state index contributed by atoms with van der Waals surface area (Å²) < 4.78 is 38.2. The molecule has 3 aliphatic rings. The molecule has 9 nitrogen and oxygen atoms in total. The minimum Gasteiger partial charge on any atom is -0.418 e. The lowest BCUT2D eigenvalue weighted by Gasteiger charge is -2.42. The molecule has 31 heavy (non-hydrogen) atoms. The molecule has 0 radical (unpaired) electrons. The molecule has 1 saturated heterocycles. The molecule has 1 amide bonds. The molecule has 0 spiro atoms. The second kappa shape index (κ2) is 7.47. The molecule has 4 heterocycles. The van der Waals surface area contributed by atoms with Gasteiger partial charge < -0.3 is 9.26 Å². The van der Waals surface area contributed by atoms with E-state index in [9.17, 15) is 13.2 Å². The van der Waals surface area contributed by atoms with E-state index in [1.807, 2.05) is 25.2 Å². The van der Waals surface area contributed by atoms with Gasteiger partial charge in [-0.1, -0.05) is 40.6 Å². The number of piperidine rings is 1. The van der Waals surface area contributed by atoms with Crippen molar-refractivity contribution >= 4 is 38.7 Å². The average molecular weight is 463 g/mol. The Kier molecular flexibility index (Phi) is 4.87. The number of pyridine rings is 1. The van der Waals surface area contributed by atoms with E-state index in [0.717, 1.165) is 11.1 Å². The molecule has 5 rings (SSSR count). The van der Waals surface area contributed by atoms with E-state index in [1.54, 1.807) is 4.90 Å². The highest BCUT2D eigenvalue weighted by Gasteiger charge is 2.40. The van der Waals surface area contributed by atoms with Crippen LogP contribution in [0.3, 0.4) is 0 Å². The van der Waals surface area contributed by atoms with Gasteiger partial charge in [0, 0.05) is 24.7 Å². The van der Waals surface area contributed by atoms with E-state index < -0.39 is 16.1 Å². The van der Waals surface area contributed by atoms with Crippen LogP contribution in [0.15, 0.2) is 57.6 Å². The Labute approximate surface area is 183 Å². The van der Waals surface area contributed by atoms with E-state index >= 15 is 0 Å². The SMILES string of the molecule is CC1=CC2=COC(=O)N(C3CCN(S(=O)(=O)c4ncc(Cl)c5oncc45)CC3)C2C=C1. The van der Waals surface area contributed by atoms with Gasteiger partial charge in [-0.15, -0.1) is 0 Å². The van der Waals surface area contributed by atoms with E-state index in [4.69, 9.17) is 20.9 Å². The largest absolute Gasteiger partial charge is 0.418 e. The van der Waals surface area contributed by atoms with Gasteiger partial charge in [0.1, 0.15) is 11.3 Å². The summed E-state index contributed by atoms with van der Waals surface area (Å²) in [6, 6.07) is -0.342. The number of rotatable bonds is 3. The molecule has 162 valence electrons. The van der Waals surface area contributed by atoms with Crippen molar-refractivity contribution in [2.24, 2.45) is 0 Å². The fourth-order valence-electron chi connectivity index (χ4n) is 4.27. The Morgan fingerprint density at radius 2 is 2.00 bits per heavy atom. The van der Waals surface area contributed by atoms with Crippen molar-refractivity contribution in [3.05, 3.63) is 53.1 Å². The Morgan fingerprint density at radius 1 is 1.23 bits per heavy atom. The number of fused-ring (bicyclic) bond motifs is 2. The topological polar surface area (TPSA) is 106 Å². The molecule has 2 aliphatic heterocycles. The first kappa shape index (κ1) is 20.2. The summed E-state index contributed by atoms with van der Waals surface area (Å²) in [5.74, 6) is 0. The Hall–Kier alpha value is -2.69. The predicted molar refractivity (Wildman–Crippen MR) is 112 cm³/mol. The molecule has 1 aliphatic carbocycles. The fraction of sp³-hybridized carbons (Fsp3) is 0.350. The van der Waals surface area contributed by atoms with Gasteiger partial charge >= 0.3 is 6.09 Å². The van der Waals surface area contributed by atoms with Crippen molar-refractivity contribution in [3.63, 3.8) is 0 Å². The van der Waals surface area contributed by atoms with E-state index in [-0.39, 0.29) is 46.2 Å². The first-order valence-corrected chi connectivity index (χ1v) is 11.6. The molecule has 2 aromatic rings. The average Bonchev–Trinajstić information content (AvgIpc) is 3.25. The minimum atomic E-state index is -3.88. The first-order valence-electron chi connectivity index (χ1n) is 9.81. The maximum absolute atomic E-state index is 13.2. The standard InChI is InChI=1S/C20H19ClN4O5S/c1-12-2-3-17-13(8-12)11-29-20(26)25(17)14-4-6-24(7-5-14)31(27,28)19-15-9-23-30-18(15)16(21)10-22-19/h2-3,8-11,14,17H,4-7H2,1H3. The first-order chi connectivity index (χ1) is 14.9. The predicted octanol–water partition coefficient (Wildman–Crippen LogP) is 3.25. The van der Waals surface area contributed by atoms with Gasteiger partial charge in [-0.2, -0.15) is 4.31 Å². The third kappa shape index (κ3) is 3.35. The number of cyclic esters (lactones) is 1. The summed E-state index contributed by atoms with van der Waals surface area (Å²) in [5.41, 5.74) is 2.18. The van der Waals surface area contributed by atoms with Crippen LogP contribution in [0, 0.1) is 0 Å². The minimum absolute atomic E-state index is 0.134. The van der Waals surface area contributed by atoms with E-state index in [0.29, 0.717) is 12.8 Å². The van der Waals surface area contributed by atoms with Gasteiger partial charge in [0.2, 0.25) is 0 Å². The molecule has 11 heteroatoms. The summed E-state index contributed by atoms with van der Waals surface area (Å²) in [4.78, 5) is 18.3. The van der Waals surface area contributed by atoms with Crippen LogP contribution >= 0.6 is 11.6 Å². The number of halogens is 1. The van der Waals surface area contributed by atoms with Crippen LogP contribution in [0.4, 0.5) is 4.79 Å². The van der Waals surface area contributed by atoms with Gasteiger partial charge in [0.05, 0.1) is 23.8 Å². The second-order valence-corrected chi connectivity index (χ2v) is 9.98. The number of aromatic nitrogens is 2. The Balaban J connectivity index is 1.36. The summed E-state index contributed by atoms with van der Waals surface area (Å²) in [7, 11) is -3.88. The number of hydrogen-bond acceptors (Lipinski definition) is 7. The van der Waals surface area contributed by atoms with Crippen LogP contribution in [0.2, 0.25) is 5.02 Å². The lowest BCUT2D eigenvalue weighted by atomic mass is 9.94. The zero-order chi connectivity index (χ0) is 21.8. The number of allylic oxidation sites excluding steroid dienone is 2. The second-order valence-electron chi connectivity index (χ2n) is 7.72. The van der Waals surface area contributed by atoms with Crippen molar-refractivity contribution in [3.8, 4) is 0 Å². The number of sulfonamides is 1. The Bertz CT molecular complexity index is 1260. The molecular formula is C20H19ClN4O5S. The molecule has 1 unspecified atom stereocenters. The van der Waals surface area contributed by atoms with Crippen LogP contribution in [0.5, 0.6) is 0 Å². The van der Waals surface area contributed by atoms with Crippen LogP contribution in [-0.2, 0) is 14.8 Å². The van der Waals surface area contributed by atoms with Gasteiger partial charge in [-0.25, -0.2) is 18.2 Å². The maximum Gasteiger partial charge on any atom is 0.415 e. The fourth-order valence-corrected chi connectivity index (χ4v) is 6.00. The number of hydrogen-bond donors (Lipinski definition) is 0. The molecule has 2 aromatic heterocycles. The van der Waals surface area contributed by atoms with Gasteiger partial charge in [0.15, 0.2) is 10.6 Å². The monoisotopic (exact) mass is 462 g/mol. The summed E-state index contributed by atoms with van der Waals surface area (Å²) in [6.07, 6.45) is 10.5. The molecule has 1 fully saturated rings. The molecule has 0 bridgehead atoms. The van der Waals surface area contributed by atoms with Gasteiger partial charge in [-0.05, 0) is 19.8 Å². The molecule has 0 N–H and O–H groups in total. The quantitative estimate of drug-likeness (QED) is 0.689.